The summed E-state index contributed by atoms with van der Waals surface area (Å²) in [6, 6.07) is 5.87. The number of ether oxygens (including phenoxy) is 1. The third-order valence-corrected chi connectivity index (χ3v) is 3.05. The molecule has 0 unspecified atom stereocenters. The highest BCUT2D eigenvalue weighted by Crippen LogP contribution is 2.29. The van der Waals surface area contributed by atoms with Crippen LogP contribution in [0.3, 0.4) is 0 Å². The first kappa shape index (κ1) is 16.6. The summed E-state index contributed by atoms with van der Waals surface area (Å²) in [5, 5.41) is 0. The van der Waals surface area contributed by atoms with Crippen LogP contribution in [-0.4, -0.2) is 18.6 Å². The number of benzene rings is 1. The van der Waals surface area contributed by atoms with Gasteiger partial charge in [0.05, 0.1) is 12.8 Å². The Bertz CT molecular complexity index is 610. The molecule has 0 spiro atoms. The molecule has 3 nitrogen and oxygen atoms in total. The Labute approximate surface area is 126 Å². The quantitative estimate of drug-likeness (QED) is 0.428. The van der Waals surface area contributed by atoms with Crippen LogP contribution in [0.5, 0.6) is 5.75 Å². The molecule has 110 valence electrons. The number of rotatable bonds is 7. The van der Waals surface area contributed by atoms with Crippen LogP contribution in [0.4, 0.5) is 0 Å². The van der Waals surface area contributed by atoms with E-state index in [2.05, 4.69) is 18.2 Å². The van der Waals surface area contributed by atoms with Crippen molar-refractivity contribution in [2.45, 2.75) is 20.3 Å². The highest BCUT2D eigenvalue weighted by molar-refractivity contribution is 6.39. The smallest absolute Gasteiger partial charge is 0.174 e. The summed E-state index contributed by atoms with van der Waals surface area (Å²) < 4.78 is 5.44. The van der Waals surface area contributed by atoms with E-state index >= 15 is 0 Å². The van der Waals surface area contributed by atoms with E-state index < -0.39 is 0 Å². The minimum atomic E-state index is -0.0641. The number of Topliss-reactive ketones (excluding diaryl/α,β-unsaturated/α-hetero) is 1. The zero-order chi connectivity index (χ0) is 15.8. The van der Waals surface area contributed by atoms with Gasteiger partial charge in [0.25, 0.3) is 0 Å². The Morgan fingerprint density at radius 3 is 2.62 bits per heavy atom. The number of allylic oxidation sites excluding steroid dienone is 3. The van der Waals surface area contributed by atoms with Crippen molar-refractivity contribution < 1.29 is 9.53 Å². The van der Waals surface area contributed by atoms with E-state index in [1.54, 1.807) is 25.5 Å². The molecule has 0 N–H and O–H groups in total. The fraction of sp³-hybridized carbons (Fsp3) is 0.222. The second-order valence-electron chi connectivity index (χ2n) is 4.57. The van der Waals surface area contributed by atoms with Crippen molar-refractivity contribution in [3.05, 3.63) is 60.8 Å². The summed E-state index contributed by atoms with van der Waals surface area (Å²) in [5.74, 6) is 0.720. The molecule has 0 aromatic heterocycles. The topological polar surface area (TPSA) is 38.7 Å². The summed E-state index contributed by atoms with van der Waals surface area (Å²) in [5.41, 5.74) is 3.21. The molecule has 0 saturated carbocycles. The van der Waals surface area contributed by atoms with E-state index in [4.69, 9.17) is 4.74 Å². The number of para-hydroxylation sites is 1. The number of carbonyl (C=O) groups is 1. The Morgan fingerprint density at radius 1 is 1.38 bits per heavy atom. The van der Waals surface area contributed by atoms with Crippen LogP contribution in [0.15, 0.2) is 54.7 Å². The zero-order valence-corrected chi connectivity index (χ0v) is 12.8. The lowest BCUT2D eigenvalue weighted by Gasteiger charge is -2.11. The molecule has 0 amide bonds. The molecular formula is C18H21NO2. The maximum atomic E-state index is 11.5. The van der Waals surface area contributed by atoms with Gasteiger partial charge in [0, 0.05) is 30.7 Å². The molecule has 0 heterocycles. The maximum Gasteiger partial charge on any atom is 0.174 e. The highest BCUT2D eigenvalue weighted by atomic mass is 16.5. The SMILES string of the molecule is C=CCC(=N/C=C(\C=C)c1cccc(C)c1OC)C(C)=O. The average Bonchev–Trinajstić information content (AvgIpc) is 2.46. The lowest BCUT2D eigenvalue weighted by Crippen LogP contribution is -2.07. The molecule has 21 heavy (non-hydrogen) atoms. The van der Waals surface area contributed by atoms with Gasteiger partial charge in [-0.25, -0.2) is 0 Å². The molecule has 0 aliphatic heterocycles. The van der Waals surface area contributed by atoms with Crippen LogP contribution >= 0.6 is 0 Å². The van der Waals surface area contributed by atoms with Crippen LogP contribution < -0.4 is 4.74 Å². The fourth-order valence-corrected chi connectivity index (χ4v) is 1.95. The predicted molar refractivity (Wildman–Crippen MR) is 88.8 cm³/mol. The van der Waals surface area contributed by atoms with E-state index in [1.807, 2.05) is 25.1 Å². The summed E-state index contributed by atoms with van der Waals surface area (Å²) in [6.45, 7) is 10.9. The number of nitrogens with zero attached hydrogens (tertiary/aromatic N) is 1. The number of aliphatic imine (C=N–C) groups is 1. The minimum Gasteiger partial charge on any atom is -0.496 e. The molecular weight excluding hydrogens is 262 g/mol. The second kappa shape index (κ2) is 8.00. The van der Waals surface area contributed by atoms with Gasteiger partial charge in [0.2, 0.25) is 0 Å². The van der Waals surface area contributed by atoms with Crippen LogP contribution in [0.2, 0.25) is 0 Å². The zero-order valence-electron chi connectivity index (χ0n) is 12.8. The van der Waals surface area contributed by atoms with E-state index in [1.165, 1.54) is 6.92 Å². The fourth-order valence-electron chi connectivity index (χ4n) is 1.95. The van der Waals surface area contributed by atoms with Crippen molar-refractivity contribution in [3.8, 4) is 5.75 Å². The van der Waals surface area contributed by atoms with Crippen molar-refractivity contribution in [2.75, 3.05) is 7.11 Å². The molecule has 0 fully saturated rings. The Morgan fingerprint density at radius 2 is 2.10 bits per heavy atom. The van der Waals surface area contributed by atoms with Crippen LogP contribution in [0.1, 0.15) is 24.5 Å². The maximum absolute atomic E-state index is 11.5. The third-order valence-electron chi connectivity index (χ3n) is 3.05. The number of methoxy groups -OCH3 is 1. The lowest BCUT2D eigenvalue weighted by atomic mass is 10.0. The van der Waals surface area contributed by atoms with Crippen molar-refractivity contribution in [3.63, 3.8) is 0 Å². The molecule has 1 aromatic rings. The van der Waals surface area contributed by atoms with Gasteiger partial charge in [-0.3, -0.25) is 9.79 Å². The Kier molecular flexibility index (Phi) is 6.34. The number of carbonyl (C=O) groups excluding carboxylic acids is 1. The molecule has 0 aliphatic carbocycles. The molecule has 0 saturated heterocycles. The molecule has 0 bridgehead atoms. The van der Waals surface area contributed by atoms with Gasteiger partial charge < -0.3 is 4.74 Å². The molecule has 3 heteroatoms. The van der Waals surface area contributed by atoms with Gasteiger partial charge in [0.15, 0.2) is 5.78 Å². The highest BCUT2D eigenvalue weighted by Gasteiger charge is 2.09. The van der Waals surface area contributed by atoms with Crippen LogP contribution in [0.25, 0.3) is 5.57 Å². The van der Waals surface area contributed by atoms with Crippen molar-refractivity contribution in [1.82, 2.24) is 0 Å². The van der Waals surface area contributed by atoms with Crippen molar-refractivity contribution in [1.29, 1.82) is 0 Å². The Balaban J connectivity index is 3.31. The number of ketones is 1. The van der Waals surface area contributed by atoms with Gasteiger partial charge in [-0.1, -0.05) is 36.9 Å². The second-order valence-corrected chi connectivity index (χ2v) is 4.57. The molecule has 0 radical (unpaired) electrons. The van der Waals surface area contributed by atoms with E-state index in [0.29, 0.717) is 12.1 Å². The van der Waals surface area contributed by atoms with Crippen LogP contribution in [0, 0.1) is 6.92 Å². The van der Waals surface area contributed by atoms with Gasteiger partial charge in [0.1, 0.15) is 5.75 Å². The monoisotopic (exact) mass is 283 g/mol. The largest absolute Gasteiger partial charge is 0.496 e. The van der Waals surface area contributed by atoms with Crippen molar-refractivity contribution in [2.24, 2.45) is 4.99 Å². The summed E-state index contributed by atoms with van der Waals surface area (Å²) in [6.07, 6.45) is 5.45. The summed E-state index contributed by atoms with van der Waals surface area (Å²) >= 11 is 0. The van der Waals surface area contributed by atoms with Gasteiger partial charge in [-0.15, -0.1) is 6.58 Å². The van der Waals surface area contributed by atoms with E-state index in [0.717, 1.165) is 22.4 Å². The number of hydrogen-bond acceptors (Lipinski definition) is 3. The van der Waals surface area contributed by atoms with Crippen molar-refractivity contribution >= 4 is 17.1 Å². The first-order chi connectivity index (χ1) is 10.0. The van der Waals surface area contributed by atoms with E-state index in [-0.39, 0.29) is 5.78 Å². The number of hydrogen-bond donors (Lipinski definition) is 0. The summed E-state index contributed by atoms with van der Waals surface area (Å²) in [4.78, 5) is 15.8. The number of aryl methyl sites for hydroxylation is 1. The van der Waals surface area contributed by atoms with Gasteiger partial charge in [-0.2, -0.15) is 0 Å². The standard InChI is InChI=1S/C18H21NO2/c1-6-9-17(14(4)20)19-12-15(7-2)16-11-8-10-13(3)18(16)21-5/h6-8,10-12H,1-2,9H2,3-5H3/b15-12+,19-17?. The van der Waals surface area contributed by atoms with E-state index in [9.17, 15) is 4.79 Å². The first-order valence-electron chi connectivity index (χ1n) is 6.70. The molecule has 1 rings (SSSR count). The van der Waals surface area contributed by atoms with Gasteiger partial charge >= 0.3 is 0 Å². The predicted octanol–water partition coefficient (Wildman–Crippen LogP) is 4.14. The molecule has 0 aliphatic rings. The minimum absolute atomic E-state index is 0.0641. The Hall–Kier alpha value is -2.42. The van der Waals surface area contributed by atoms with Crippen LogP contribution in [-0.2, 0) is 4.79 Å². The molecule has 0 atom stereocenters. The average molecular weight is 283 g/mol. The molecule has 1 aromatic carbocycles. The normalized spacial score (nSPS) is 12.0. The summed E-state index contributed by atoms with van der Waals surface area (Å²) in [7, 11) is 1.63. The van der Waals surface area contributed by atoms with Gasteiger partial charge in [-0.05, 0) is 12.5 Å². The first-order valence-corrected chi connectivity index (χ1v) is 6.70. The third kappa shape index (κ3) is 4.28. The lowest BCUT2D eigenvalue weighted by molar-refractivity contribution is -0.111.